The fraction of sp³-hybridized carbons (Fsp3) is 0.211. The lowest BCUT2D eigenvalue weighted by molar-refractivity contribution is 0.559. The Bertz CT molecular complexity index is 928. The van der Waals surface area contributed by atoms with Gasteiger partial charge in [-0.2, -0.15) is 0 Å². The van der Waals surface area contributed by atoms with Gasteiger partial charge in [0, 0.05) is 27.1 Å². The van der Waals surface area contributed by atoms with Gasteiger partial charge in [-0.15, -0.1) is 11.8 Å². The van der Waals surface area contributed by atoms with Crippen molar-refractivity contribution in [1.82, 2.24) is 0 Å². The fourth-order valence-corrected chi connectivity index (χ4v) is 4.12. The zero-order valence-corrected chi connectivity index (χ0v) is 14.0. The summed E-state index contributed by atoms with van der Waals surface area (Å²) in [6, 6.07) is 13.6. The molecule has 2 aromatic carbocycles. The van der Waals surface area contributed by atoms with Gasteiger partial charge in [0.2, 0.25) is 0 Å². The molecule has 0 radical (unpaired) electrons. The Kier molecular flexibility index (Phi) is 3.92. The SMILES string of the molecule is O=c1cc(CSc2ccc(Cl)cc2)c2cc3c(cc2o1)CCC3. The van der Waals surface area contributed by atoms with Crippen molar-refractivity contribution < 1.29 is 4.42 Å². The molecule has 4 heteroatoms. The first-order valence-corrected chi connectivity index (χ1v) is 9.02. The van der Waals surface area contributed by atoms with Gasteiger partial charge in [-0.3, -0.25) is 0 Å². The van der Waals surface area contributed by atoms with E-state index in [0.29, 0.717) is 5.58 Å². The Morgan fingerprint density at radius 2 is 1.78 bits per heavy atom. The molecule has 0 saturated carbocycles. The molecule has 0 bridgehead atoms. The minimum atomic E-state index is -0.276. The Labute approximate surface area is 143 Å². The van der Waals surface area contributed by atoms with Gasteiger partial charge in [0.15, 0.2) is 0 Å². The topological polar surface area (TPSA) is 30.2 Å². The van der Waals surface area contributed by atoms with Gasteiger partial charge in [-0.25, -0.2) is 4.79 Å². The van der Waals surface area contributed by atoms with Gasteiger partial charge >= 0.3 is 5.63 Å². The minimum Gasteiger partial charge on any atom is -0.423 e. The molecule has 1 aliphatic rings. The second-order valence-electron chi connectivity index (χ2n) is 5.80. The van der Waals surface area contributed by atoms with Crippen molar-refractivity contribution in [2.24, 2.45) is 0 Å². The second-order valence-corrected chi connectivity index (χ2v) is 7.29. The van der Waals surface area contributed by atoms with Crippen molar-refractivity contribution in [2.45, 2.75) is 29.9 Å². The zero-order valence-electron chi connectivity index (χ0n) is 12.5. The Morgan fingerprint density at radius 1 is 1.04 bits per heavy atom. The summed E-state index contributed by atoms with van der Waals surface area (Å²) >= 11 is 7.62. The number of halogens is 1. The third-order valence-electron chi connectivity index (χ3n) is 4.25. The summed E-state index contributed by atoms with van der Waals surface area (Å²) in [4.78, 5) is 13.0. The van der Waals surface area contributed by atoms with Crippen LogP contribution in [0.3, 0.4) is 0 Å². The molecule has 0 amide bonds. The van der Waals surface area contributed by atoms with Gasteiger partial charge in [0.25, 0.3) is 0 Å². The molecule has 23 heavy (non-hydrogen) atoms. The lowest BCUT2D eigenvalue weighted by Crippen LogP contribution is -2.00. The van der Waals surface area contributed by atoms with Crippen LogP contribution < -0.4 is 5.63 Å². The van der Waals surface area contributed by atoms with E-state index in [1.165, 1.54) is 17.5 Å². The number of aryl methyl sites for hydroxylation is 2. The quantitative estimate of drug-likeness (QED) is 0.482. The van der Waals surface area contributed by atoms with Crippen molar-refractivity contribution >= 4 is 34.3 Å². The molecule has 1 aliphatic carbocycles. The average Bonchev–Trinajstić information content (AvgIpc) is 2.99. The molecule has 0 N–H and O–H groups in total. The Hall–Kier alpha value is -1.71. The van der Waals surface area contributed by atoms with Crippen molar-refractivity contribution in [3.05, 3.63) is 74.6 Å². The molecular formula is C19H15ClO2S. The van der Waals surface area contributed by atoms with Gasteiger partial charge < -0.3 is 4.42 Å². The average molecular weight is 343 g/mol. The summed E-state index contributed by atoms with van der Waals surface area (Å²) in [7, 11) is 0. The number of rotatable bonds is 3. The summed E-state index contributed by atoms with van der Waals surface area (Å²) in [6.07, 6.45) is 3.39. The van der Waals surface area contributed by atoms with Gasteiger partial charge in [-0.05, 0) is 72.4 Å². The largest absolute Gasteiger partial charge is 0.423 e. The number of benzene rings is 2. The van der Waals surface area contributed by atoms with Crippen LogP contribution in [0.2, 0.25) is 5.02 Å². The molecule has 0 aliphatic heterocycles. The third-order valence-corrected chi connectivity index (χ3v) is 5.56. The first-order chi connectivity index (χ1) is 11.2. The molecule has 3 aromatic rings. The molecule has 1 heterocycles. The normalized spacial score (nSPS) is 13.4. The molecule has 2 nitrogen and oxygen atoms in total. The molecular weight excluding hydrogens is 328 g/mol. The number of hydrogen-bond acceptors (Lipinski definition) is 3. The molecule has 0 fully saturated rings. The lowest BCUT2D eigenvalue weighted by Gasteiger charge is -2.08. The first kappa shape index (κ1) is 14.9. The van der Waals surface area contributed by atoms with Gasteiger partial charge in [0.05, 0.1) is 0 Å². The molecule has 4 rings (SSSR count). The van der Waals surface area contributed by atoms with E-state index >= 15 is 0 Å². The van der Waals surface area contributed by atoms with Crippen LogP contribution in [0.5, 0.6) is 0 Å². The Morgan fingerprint density at radius 3 is 2.57 bits per heavy atom. The van der Waals surface area contributed by atoms with Crippen LogP contribution in [0.4, 0.5) is 0 Å². The number of fused-ring (bicyclic) bond motifs is 2. The fourth-order valence-electron chi connectivity index (χ4n) is 3.11. The smallest absolute Gasteiger partial charge is 0.336 e. The van der Waals surface area contributed by atoms with E-state index < -0.39 is 0 Å². The maximum atomic E-state index is 11.9. The maximum Gasteiger partial charge on any atom is 0.336 e. The summed E-state index contributed by atoms with van der Waals surface area (Å²) in [5, 5.41) is 1.79. The highest BCUT2D eigenvalue weighted by Crippen LogP contribution is 2.31. The van der Waals surface area contributed by atoms with Crippen LogP contribution in [0, 0.1) is 0 Å². The first-order valence-electron chi connectivity index (χ1n) is 7.66. The molecule has 0 unspecified atom stereocenters. The van der Waals surface area contributed by atoms with Crippen molar-refractivity contribution in [3.63, 3.8) is 0 Å². The predicted molar refractivity (Wildman–Crippen MR) is 95.5 cm³/mol. The molecule has 0 atom stereocenters. The Balaban J connectivity index is 1.71. The van der Waals surface area contributed by atoms with Crippen LogP contribution >= 0.6 is 23.4 Å². The van der Waals surface area contributed by atoms with E-state index in [1.54, 1.807) is 17.8 Å². The van der Waals surface area contributed by atoms with Crippen molar-refractivity contribution in [3.8, 4) is 0 Å². The van der Waals surface area contributed by atoms with E-state index in [0.717, 1.165) is 39.5 Å². The van der Waals surface area contributed by atoms with Crippen LogP contribution in [-0.4, -0.2) is 0 Å². The van der Waals surface area contributed by atoms with Gasteiger partial charge in [0.1, 0.15) is 5.58 Å². The summed E-state index contributed by atoms with van der Waals surface area (Å²) < 4.78 is 5.41. The van der Waals surface area contributed by atoms with Crippen LogP contribution in [0.1, 0.15) is 23.1 Å². The maximum absolute atomic E-state index is 11.9. The molecule has 0 saturated heterocycles. The highest BCUT2D eigenvalue weighted by molar-refractivity contribution is 7.98. The summed E-state index contributed by atoms with van der Waals surface area (Å²) in [5.41, 5.74) is 4.19. The van der Waals surface area contributed by atoms with E-state index in [2.05, 4.69) is 12.1 Å². The zero-order chi connectivity index (χ0) is 15.8. The molecule has 1 aromatic heterocycles. The number of thioether (sulfide) groups is 1. The lowest BCUT2D eigenvalue weighted by atomic mass is 10.0. The number of hydrogen-bond donors (Lipinski definition) is 0. The van der Waals surface area contributed by atoms with Crippen LogP contribution in [-0.2, 0) is 18.6 Å². The van der Waals surface area contributed by atoms with E-state index in [1.807, 2.05) is 24.3 Å². The monoisotopic (exact) mass is 342 g/mol. The van der Waals surface area contributed by atoms with Crippen LogP contribution in [0.25, 0.3) is 11.0 Å². The standard InChI is InChI=1S/C19H15ClO2S/c20-15-4-6-16(7-5-15)23-11-14-10-19(21)22-18-9-13-3-1-2-12(13)8-17(14)18/h4-10H,1-3,11H2. The van der Waals surface area contributed by atoms with Crippen molar-refractivity contribution in [1.29, 1.82) is 0 Å². The second kappa shape index (κ2) is 6.06. The van der Waals surface area contributed by atoms with E-state index in [9.17, 15) is 4.79 Å². The predicted octanol–water partition coefficient (Wildman–Crippen LogP) is 5.23. The highest BCUT2D eigenvalue weighted by Gasteiger charge is 2.15. The van der Waals surface area contributed by atoms with E-state index in [-0.39, 0.29) is 5.63 Å². The van der Waals surface area contributed by atoms with Gasteiger partial charge in [-0.1, -0.05) is 11.6 Å². The summed E-state index contributed by atoms with van der Waals surface area (Å²) in [5.74, 6) is 0.739. The summed E-state index contributed by atoms with van der Waals surface area (Å²) in [6.45, 7) is 0. The molecule has 0 spiro atoms. The van der Waals surface area contributed by atoms with Crippen LogP contribution in [0.15, 0.2) is 56.6 Å². The van der Waals surface area contributed by atoms with E-state index in [4.69, 9.17) is 16.0 Å². The molecule has 116 valence electrons. The minimum absolute atomic E-state index is 0.276. The highest BCUT2D eigenvalue weighted by atomic mass is 35.5. The third kappa shape index (κ3) is 3.04. The van der Waals surface area contributed by atoms with Crippen molar-refractivity contribution in [2.75, 3.05) is 0 Å².